The molecule has 0 saturated carbocycles. The van der Waals surface area contributed by atoms with E-state index < -0.39 is 12.6 Å². The van der Waals surface area contributed by atoms with Crippen molar-refractivity contribution >= 4 is 0 Å². The van der Waals surface area contributed by atoms with Crippen LogP contribution in [0.25, 0.3) is 0 Å². The molecule has 1 saturated heterocycles. The average molecular weight is 196 g/mol. The Bertz CT molecular complexity index is 154. The van der Waals surface area contributed by atoms with E-state index >= 15 is 0 Å². The van der Waals surface area contributed by atoms with Crippen LogP contribution in [0.3, 0.4) is 0 Å². The van der Waals surface area contributed by atoms with Crippen LogP contribution in [0.4, 0.5) is 13.2 Å². The summed E-state index contributed by atoms with van der Waals surface area (Å²) in [6, 6.07) is 0. The summed E-state index contributed by atoms with van der Waals surface area (Å²) >= 11 is 0. The molecule has 2 nitrogen and oxygen atoms in total. The van der Waals surface area contributed by atoms with Gasteiger partial charge in [-0.2, -0.15) is 13.2 Å². The number of rotatable bonds is 4. The van der Waals surface area contributed by atoms with Crippen molar-refractivity contribution in [3.8, 4) is 0 Å². The largest absolute Gasteiger partial charge is 0.390 e. The number of nitrogens with zero attached hydrogens (tertiary/aromatic N) is 1. The summed E-state index contributed by atoms with van der Waals surface area (Å²) in [7, 11) is 1.74. The first-order valence-electron chi connectivity index (χ1n) is 4.43. The third kappa shape index (κ3) is 4.47. The van der Waals surface area contributed by atoms with Crippen molar-refractivity contribution in [2.45, 2.75) is 12.6 Å². The van der Waals surface area contributed by atoms with E-state index in [9.17, 15) is 13.2 Å². The highest BCUT2D eigenvalue weighted by Gasteiger charge is 2.27. The van der Waals surface area contributed by atoms with Crippen LogP contribution in [0.2, 0.25) is 0 Å². The first-order valence-corrected chi connectivity index (χ1v) is 4.43. The molecule has 0 aromatic carbocycles. The summed E-state index contributed by atoms with van der Waals surface area (Å²) in [5.41, 5.74) is 0. The molecule has 0 bridgehead atoms. The van der Waals surface area contributed by atoms with Gasteiger partial charge in [-0.3, -0.25) is 0 Å². The summed E-state index contributed by atoms with van der Waals surface area (Å²) in [5.74, 6) is 0.540. The molecule has 5 heteroatoms. The lowest BCUT2D eigenvalue weighted by atomic mass is 10.0. The molecule has 0 radical (unpaired) electrons. The van der Waals surface area contributed by atoms with Gasteiger partial charge in [0.25, 0.3) is 0 Å². The van der Waals surface area contributed by atoms with E-state index in [1.54, 1.807) is 11.9 Å². The minimum atomic E-state index is -4.02. The highest BCUT2D eigenvalue weighted by molar-refractivity contribution is 4.77. The lowest BCUT2D eigenvalue weighted by Crippen LogP contribution is -2.47. The SMILES string of the molecule is CN(CCC(F)(F)F)CC1CNC1. The van der Waals surface area contributed by atoms with Gasteiger partial charge in [-0.15, -0.1) is 0 Å². The first-order chi connectivity index (χ1) is 5.97. The molecule has 78 valence electrons. The van der Waals surface area contributed by atoms with Crippen LogP contribution in [0, 0.1) is 5.92 Å². The highest BCUT2D eigenvalue weighted by Crippen LogP contribution is 2.19. The summed E-state index contributed by atoms with van der Waals surface area (Å²) in [6.07, 6.45) is -4.73. The van der Waals surface area contributed by atoms with Crippen molar-refractivity contribution < 1.29 is 13.2 Å². The maximum absolute atomic E-state index is 11.8. The molecule has 0 amide bonds. The van der Waals surface area contributed by atoms with Crippen LogP contribution in [0.15, 0.2) is 0 Å². The molecule has 1 fully saturated rings. The number of alkyl halides is 3. The zero-order valence-corrected chi connectivity index (χ0v) is 7.69. The Kier molecular flexibility index (Phi) is 3.55. The third-order valence-corrected chi connectivity index (χ3v) is 2.21. The molecule has 0 aliphatic carbocycles. The van der Waals surface area contributed by atoms with Crippen LogP contribution in [0.1, 0.15) is 6.42 Å². The van der Waals surface area contributed by atoms with Crippen molar-refractivity contribution in [2.24, 2.45) is 5.92 Å². The van der Waals surface area contributed by atoms with Gasteiger partial charge >= 0.3 is 6.18 Å². The van der Waals surface area contributed by atoms with Gasteiger partial charge in [0.2, 0.25) is 0 Å². The quantitative estimate of drug-likeness (QED) is 0.724. The standard InChI is InChI=1S/C8H15F3N2/c1-13(3-2-8(9,10)11)6-7-4-12-5-7/h7,12H,2-6H2,1H3. The van der Waals surface area contributed by atoms with Crippen LogP contribution < -0.4 is 5.32 Å². The van der Waals surface area contributed by atoms with Crippen molar-refractivity contribution in [1.29, 1.82) is 0 Å². The van der Waals surface area contributed by atoms with E-state index in [0.29, 0.717) is 5.92 Å². The molecule has 13 heavy (non-hydrogen) atoms. The molecule has 0 aromatic rings. The summed E-state index contributed by atoms with van der Waals surface area (Å²) in [6.45, 7) is 2.76. The van der Waals surface area contributed by atoms with Crippen LogP contribution in [-0.2, 0) is 0 Å². The monoisotopic (exact) mass is 196 g/mol. The second-order valence-corrected chi connectivity index (χ2v) is 3.65. The minimum absolute atomic E-state index is 0.111. The Morgan fingerprint density at radius 1 is 1.38 bits per heavy atom. The maximum atomic E-state index is 11.8. The van der Waals surface area contributed by atoms with Gasteiger partial charge in [0.15, 0.2) is 0 Å². The van der Waals surface area contributed by atoms with Crippen LogP contribution >= 0.6 is 0 Å². The Hall–Kier alpha value is -0.290. The van der Waals surface area contributed by atoms with E-state index in [2.05, 4.69) is 5.32 Å². The lowest BCUT2D eigenvalue weighted by molar-refractivity contribution is -0.137. The molecular formula is C8H15F3N2. The molecule has 1 heterocycles. The van der Waals surface area contributed by atoms with E-state index in [1.165, 1.54) is 0 Å². The normalized spacial score (nSPS) is 19.2. The predicted molar refractivity (Wildman–Crippen MR) is 44.5 cm³/mol. The Balaban J connectivity index is 2.06. The fourth-order valence-electron chi connectivity index (χ4n) is 1.33. The van der Waals surface area contributed by atoms with Crippen molar-refractivity contribution in [3.63, 3.8) is 0 Å². The number of hydrogen-bond acceptors (Lipinski definition) is 2. The smallest absolute Gasteiger partial charge is 0.316 e. The second kappa shape index (κ2) is 4.28. The molecule has 1 aliphatic heterocycles. The van der Waals surface area contributed by atoms with Gasteiger partial charge in [0.05, 0.1) is 6.42 Å². The minimum Gasteiger partial charge on any atom is -0.316 e. The molecule has 0 unspecified atom stereocenters. The van der Waals surface area contributed by atoms with Gasteiger partial charge in [0.1, 0.15) is 0 Å². The average Bonchev–Trinajstić information content (AvgIpc) is 1.91. The Morgan fingerprint density at radius 2 is 2.00 bits per heavy atom. The first kappa shape index (κ1) is 10.8. The van der Waals surface area contributed by atoms with Gasteiger partial charge in [0, 0.05) is 26.2 Å². The molecule has 0 atom stereocenters. The maximum Gasteiger partial charge on any atom is 0.390 e. The Labute approximate surface area is 76.1 Å². The van der Waals surface area contributed by atoms with Crippen molar-refractivity contribution in [2.75, 3.05) is 33.2 Å². The van der Waals surface area contributed by atoms with Gasteiger partial charge in [-0.1, -0.05) is 0 Å². The van der Waals surface area contributed by atoms with E-state index in [4.69, 9.17) is 0 Å². The molecular weight excluding hydrogens is 181 g/mol. The Morgan fingerprint density at radius 3 is 2.38 bits per heavy atom. The molecule has 0 aromatic heterocycles. The molecule has 0 spiro atoms. The van der Waals surface area contributed by atoms with Gasteiger partial charge in [-0.05, 0) is 13.0 Å². The fraction of sp³-hybridized carbons (Fsp3) is 1.00. The van der Waals surface area contributed by atoms with E-state index in [0.717, 1.165) is 19.6 Å². The van der Waals surface area contributed by atoms with Crippen molar-refractivity contribution in [3.05, 3.63) is 0 Å². The summed E-state index contributed by atoms with van der Waals surface area (Å²) in [4.78, 5) is 1.75. The second-order valence-electron chi connectivity index (χ2n) is 3.65. The number of halogens is 3. The van der Waals surface area contributed by atoms with Crippen molar-refractivity contribution in [1.82, 2.24) is 10.2 Å². The van der Waals surface area contributed by atoms with Gasteiger partial charge < -0.3 is 10.2 Å². The van der Waals surface area contributed by atoms with Gasteiger partial charge in [-0.25, -0.2) is 0 Å². The lowest BCUT2D eigenvalue weighted by Gasteiger charge is -2.31. The molecule has 1 N–H and O–H groups in total. The highest BCUT2D eigenvalue weighted by atomic mass is 19.4. The van der Waals surface area contributed by atoms with E-state index in [1.807, 2.05) is 0 Å². The van der Waals surface area contributed by atoms with Crippen LogP contribution in [-0.4, -0.2) is 44.3 Å². The van der Waals surface area contributed by atoms with Crippen LogP contribution in [0.5, 0.6) is 0 Å². The van der Waals surface area contributed by atoms with E-state index in [-0.39, 0.29) is 6.54 Å². The predicted octanol–water partition coefficient (Wildman–Crippen LogP) is 1.09. The molecule has 1 rings (SSSR count). The topological polar surface area (TPSA) is 15.3 Å². The number of nitrogens with one attached hydrogen (secondary N) is 1. The summed E-state index contributed by atoms with van der Waals surface area (Å²) < 4.78 is 35.4. The molecule has 1 aliphatic rings. The zero-order valence-electron chi connectivity index (χ0n) is 7.69. The number of hydrogen-bond donors (Lipinski definition) is 1. The summed E-state index contributed by atoms with van der Waals surface area (Å²) in [5, 5.41) is 3.09. The third-order valence-electron chi connectivity index (χ3n) is 2.21. The fourth-order valence-corrected chi connectivity index (χ4v) is 1.33. The zero-order chi connectivity index (χ0) is 9.90.